The lowest BCUT2D eigenvalue weighted by Gasteiger charge is -2.32. The van der Waals surface area contributed by atoms with Crippen LogP contribution in [0.4, 0.5) is 0 Å². The van der Waals surface area contributed by atoms with Gasteiger partial charge in [-0.2, -0.15) is 0 Å². The number of nitrogens with two attached hydrogens (primary N) is 1. The highest BCUT2D eigenvalue weighted by molar-refractivity contribution is 5.97. The van der Waals surface area contributed by atoms with Crippen LogP contribution in [0.1, 0.15) is 58.3 Å². The van der Waals surface area contributed by atoms with Gasteiger partial charge in [-0.15, -0.1) is 0 Å². The molecule has 0 spiro atoms. The van der Waals surface area contributed by atoms with Crippen molar-refractivity contribution in [1.82, 2.24) is 36.8 Å². The zero-order valence-electron chi connectivity index (χ0n) is 30.3. The lowest BCUT2D eigenvalue weighted by Crippen LogP contribution is -2.62. The summed E-state index contributed by atoms with van der Waals surface area (Å²) in [5.74, 6) is -9.81. The van der Waals surface area contributed by atoms with E-state index in [1.807, 2.05) is 5.32 Å². The van der Waals surface area contributed by atoms with E-state index in [0.717, 1.165) is 11.3 Å². The number of carboxylic acid groups (broad SMARTS) is 1. The van der Waals surface area contributed by atoms with E-state index < -0.39 is 147 Å². The van der Waals surface area contributed by atoms with Gasteiger partial charge in [0.1, 0.15) is 42.3 Å². The first-order valence-corrected chi connectivity index (χ1v) is 17.7. The number of hydrogen-bond acceptors (Lipinski definition) is 14. The predicted molar refractivity (Wildman–Crippen MR) is 184 cm³/mol. The van der Waals surface area contributed by atoms with E-state index in [1.165, 1.54) is 6.92 Å². The van der Waals surface area contributed by atoms with Gasteiger partial charge in [-0.05, 0) is 25.2 Å². The number of carbonyl (C=O) groups is 9. The first-order valence-electron chi connectivity index (χ1n) is 17.7. The maximum Gasteiger partial charge on any atom is 0.328 e. The molecule has 0 aromatic rings. The summed E-state index contributed by atoms with van der Waals surface area (Å²) in [4.78, 5) is 115. The fraction of sp³-hybridized carbons (Fsp3) is 0.719. The third kappa shape index (κ3) is 14.0. The van der Waals surface area contributed by atoms with Gasteiger partial charge in [0, 0.05) is 26.3 Å². The first kappa shape index (κ1) is 46.2. The molecular weight excluding hydrogens is 736 g/mol. The van der Waals surface area contributed by atoms with Crippen LogP contribution in [0.3, 0.4) is 0 Å². The molecule has 55 heavy (non-hydrogen) atoms. The average molecular weight is 789 g/mol. The maximum absolute atomic E-state index is 13.8. The van der Waals surface area contributed by atoms with Crippen molar-refractivity contribution in [3.8, 4) is 0 Å². The van der Waals surface area contributed by atoms with Crippen molar-refractivity contribution in [3.05, 3.63) is 0 Å². The molecule has 23 heteroatoms. The molecule has 0 radical (unpaired) electrons. The van der Waals surface area contributed by atoms with Crippen molar-refractivity contribution < 1.29 is 73.8 Å². The number of β-amino-alcohol motifs (C(OH)–C–C–N with tert-alkyl or cyclic N) is 1. The molecule has 2 rings (SSSR count). The van der Waals surface area contributed by atoms with Crippen molar-refractivity contribution >= 4 is 53.2 Å². The molecule has 1 saturated heterocycles. The van der Waals surface area contributed by atoms with Crippen LogP contribution in [-0.2, 0) is 43.2 Å². The summed E-state index contributed by atoms with van der Waals surface area (Å²) in [6.45, 7) is -2.96. The molecule has 8 atom stereocenters. The van der Waals surface area contributed by atoms with Gasteiger partial charge < -0.3 is 73.2 Å². The summed E-state index contributed by atoms with van der Waals surface area (Å²) in [7, 11) is 0. The number of amides is 8. The topological polar surface area (TPSA) is 376 Å². The minimum absolute atomic E-state index is 0.122. The smallest absolute Gasteiger partial charge is 0.328 e. The fourth-order valence-corrected chi connectivity index (χ4v) is 6.20. The summed E-state index contributed by atoms with van der Waals surface area (Å²) in [6.07, 6.45) is 1.01. The van der Waals surface area contributed by atoms with Crippen molar-refractivity contribution in [1.29, 1.82) is 0 Å². The monoisotopic (exact) mass is 788 g/mol. The normalized spacial score (nSPS) is 20.4. The van der Waals surface area contributed by atoms with Crippen LogP contribution >= 0.6 is 0 Å². The second kappa shape index (κ2) is 22.4. The number of hydrogen-bond donors (Lipinski definition) is 13. The highest BCUT2D eigenvalue weighted by Crippen LogP contribution is 2.27. The number of rotatable bonds is 21. The molecule has 0 aromatic heterocycles. The van der Waals surface area contributed by atoms with Crippen LogP contribution in [-0.4, -0.2) is 170 Å². The Balaban J connectivity index is 2.23. The maximum atomic E-state index is 13.8. The van der Waals surface area contributed by atoms with E-state index in [0.29, 0.717) is 25.7 Å². The van der Waals surface area contributed by atoms with Crippen LogP contribution in [0.25, 0.3) is 0 Å². The van der Waals surface area contributed by atoms with Crippen molar-refractivity contribution in [2.75, 3.05) is 33.0 Å². The molecule has 14 N–H and O–H groups in total. The van der Waals surface area contributed by atoms with Crippen LogP contribution in [0.2, 0.25) is 0 Å². The van der Waals surface area contributed by atoms with Crippen molar-refractivity contribution in [2.24, 2.45) is 11.7 Å². The zero-order valence-corrected chi connectivity index (χ0v) is 30.3. The Morgan fingerprint density at radius 2 is 1.11 bits per heavy atom. The molecule has 1 heterocycles. The van der Waals surface area contributed by atoms with Gasteiger partial charge in [0.05, 0.1) is 32.5 Å². The Kier molecular flexibility index (Phi) is 18.8. The number of nitrogens with zero attached hydrogens (tertiary/aromatic N) is 1. The molecule has 8 amide bonds. The van der Waals surface area contributed by atoms with Crippen LogP contribution in [0, 0.1) is 5.92 Å². The molecule has 2 aliphatic rings. The number of primary amides is 1. The van der Waals surface area contributed by atoms with Gasteiger partial charge in [-0.3, -0.25) is 38.4 Å². The summed E-state index contributed by atoms with van der Waals surface area (Å²) in [5, 5.41) is 71.2. The van der Waals surface area contributed by atoms with Gasteiger partial charge in [0.2, 0.25) is 47.3 Å². The SMILES string of the molecule is CC(=O)N1C[C@H](O)C[C@H]1C(=O)N[C@@H](CO)C(=O)N[C@@H](CO)C(=O)N[C@H](C(=O)N[C@@H](CCC(N)=O)C(=O)N[C@@H](CO)C(=O)N[C@@H](CO)C(=O)O)C1CCCCC1. The van der Waals surface area contributed by atoms with E-state index >= 15 is 0 Å². The average Bonchev–Trinajstić information content (AvgIpc) is 3.56. The summed E-state index contributed by atoms with van der Waals surface area (Å²) >= 11 is 0. The number of nitrogens with one attached hydrogen (secondary N) is 6. The summed E-state index contributed by atoms with van der Waals surface area (Å²) < 4.78 is 0. The third-order valence-corrected chi connectivity index (χ3v) is 9.24. The zero-order chi connectivity index (χ0) is 41.4. The van der Waals surface area contributed by atoms with Gasteiger partial charge in [0.25, 0.3) is 0 Å². The molecule has 310 valence electrons. The number of aliphatic hydroxyl groups excluding tert-OH is 5. The van der Waals surface area contributed by atoms with Crippen LogP contribution in [0.15, 0.2) is 0 Å². The number of likely N-dealkylation sites (tertiary alicyclic amines) is 1. The van der Waals surface area contributed by atoms with Crippen molar-refractivity contribution in [3.63, 3.8) is 0 Å². The molecular formula is C32H52N8O15. The molecule has 1 aliphatic heterocycles. The Labute approximate surface area is 315 Å². The summed E-state index contributed by atoms with van der Waals surface area (Å²) in [5.41, 5.74) is 5.24. The fourth-order valence-electron chi connectivity index (χ4n) is 6.20. The van der Waals surface area contributed by atoms with E-state index in [1.54, 1.807) is 0 Å². The van der Waals surface area contributed by atoms with E-state index in [9.17, 15) is 68.7 Å². The lowest BCUT2D eigenvalue weighted by molar-refractivity contribution is -0.143. The van der Waals surface area contributed by atoms with E-state index in [-0.39, 0.29) is 13.0 Å². The minimum atomic E-state index is -1.77. The van der Waals surface area contributed by atoms with Gasteiger partial charge in [-0.25, -0.2) is 4.79 Å². The summed E-state index contributed by atoms with van der Waals surface area (Å²) in [6, 6.07) is -11.0. The Morgan fingerprint density at radius 3 is 1.58 bits per heavy atom. The van der Waals surface area contributed by atoms with Gasteiger partial charge in [-0.1, -0.05) is 19.3 Å². The number of carbonyl (C=O) groups excluding carboxylic acids is 8. The minimum Gasteiger partial charge on any atom is -0.480 e. The molecule has 23 nitrogen and oxygen atoms in total. The second-order valence-electron chi connectivity index (χ2n) is 13.3. The van der Waals surface area contributed by atoms with Crippen LogP contribution in [0.5, 0.6) is 0 Å². The number of aliphatic carboxylic acids is 1. The predicted octanol–water partition coefficient (Wildman–Crippen LogP) is -7.22. The Hall–Kier alpha value is -4.97. The molecule has 0 bridgehead atoms. The highest BCUT2D eigenvalue weighted by atomic mass is 16.4. The second-order valence-corrected chi connectivity index (χ2v) is 13.3. The highest BCUT2D eigenvalue weighted by Gasteiger charge is 2.40. The van der Waals surface area contributed by atoms with Gasteiger partial charge in [0.15, 0.2) is 0 Å². The van der Waals surface area contributed by atoms with Crippen molar-refractivity contribution in [2.45, 2.75) is 107 Å². The van der Waals surface area contributed by atoms with E-state index in [2.05, 4.69) is 26.6 Å². The standard InChI is InChI=1S/C32H52N8O15/c1-15(45)40-10-17(46)9-23(40)30(52)37-20(12-42)27(49)36-21(13-43)29(51)39-25(16-5-3-2-4-6-16)31(53)34-18(7-8-24(33)47)26(48)35-19(11-41)28(50)38-22(14-44)32(54)55/h16-23,25,41-44,46H,2-14H2,1H3,(H2,33,47)(H,34,53)(H,35,48)(H,36,49)(H,37,52)(H,38,50)(H,39,51)(H,54,55)/t17-,18+,19+,20+,21+,22+,23+,25+/m1/s1. The molecule has 2 fully saturated rings. The third-order valence-electron chi connectivity index (χ3n) is 9.24. The Bertz CT molecular complexity index is 1410. The molecule has 1 saturated carbocycles. The van der Waals surface area contributed by atoms with Crippen LogP contribution < -0.4 is 37.6 Å². The van der Waals surface area contributed by atoms with E-state index in [4.69, 9.17) is 10.8 Å². The molecule has 1 aliphatic carbocycles. The number of carboxylic acids is 1. The largest absolute Gasteiger partial charge is 0.480 e. The number of aliphatic hydroxyl groups is 5. The lowest BCUT2D eigenvalue weighted by atomic mass is 9.83. The molecule has 0 aromatic carbocycles. The molecule has 0 unspecified atom stereocenters. The quantitative estimate of drug-likeness (QED) is 0.0514. The first-order chi connectivity index (χ1) is 26.0. The van der Waals surface area contributed by atoms with Gasteiger partial charge >= 0.3 is 5.97 Å². The Morgan fingerprint density at radius 1 is 0.655 bits per heavy atom.